The smallest absolute Gasteiger partial charge is 0.0848 e. The van der Waals surface area contributed by atoms with Gasteiger partial charge in [0.15, 0.2) is 0 Å². The Morgan fingerprint density at radius 1 is 1.00 bits per heavy atom. The molecule has 0 saturated carbocycles. The van der Waals surface area contributed by atoms with E-state index in [9.17, 15) is 0 Å². The minimum atomic E-state index is -0.0606. The number of rotatable bonds is 4. The molecular formula is C17H18ClI. The zero-order chi connectivity index (χ0) is 13.8. The van der Waals surface area contributed by atoms with Crippen LogP contribution in [0, 0.1) is 3.57 Å². The normalized spacial score (nSPS) is 12.4. The van der Waals surface area contributed by atoms with E-state index in [1.54, 1.807) is 0 Å². The number of aryl methyl sites for hydroxylation is 2. The van der Waals surface area contributed by atoms with Gasteiger partial charge < -0.3 is 0 Å². The average Bonchev–Trinajstić information content (AvgIpc) is 2.46. The molecule has 2 aromatic rings. The number of hydrogen-bond acceptors (Lipinski definition) is 0. The second-order valence-corrected chi connectivity index (χ2v) is 6.22. The maximum absolute atomic E-state index is 6.74. The lowest BCUT2D eigenvalue weighted by Crippen LogP contribution is -2.01. The van der Waals surface area contributed by atoms with Crippen molar-refractivity contribution in [2.75, 3.05) is 0 Å². The highest BCUT2D eigenvalue weighted by atomic mass is 127. The Bertz CT molecular complexity index is 563. The fraction of sp³-hybridized carbons (Fsp3) is 0.294. The molecule has 2 rings (SSSR count). The Labute approximate surface area is 134 Å². The van der Waals surface area contributed by atoms with Crippen LogP contribution in [0.5, 0.6) is 0 Å². The van der Waals surface area contributed by atoms with Gasteiger partial charge in [-0.3, -0.25) is 0 Å². The lowest BCUT2D eigenvalue weighted by Gasteiger charge is -2.17. The van der Waals surface area contributed by atoms with Crippen LogP contribution in [0.15, 0.2) is 42.5 Å². The van der Waals surface area contributed by atoms with Crippen molar-refractivity contribution in [3.63, 3.8) is 0 Å². The Morgan fingerprint density at radius 2 is 1.74 bits per heavy atom. The monoisotopic (exact) mass is 384 g/mol. The topological polar surface area (TPSA) is 0 Å². The number of benzene rings is 2. The summed E-state index contributed by atoms with van der Waals surface area (Å²) < 4.78 is 1.23. The molecule has 0 heterocycles. The van der Waals surface area contributed by atoms with E-state index in [1.807, 2.05) is 0 Å². The molecule has 0 amide bonds. The highest BCUT2D eigenvalue weighted by molar-refractivity contribution is 14.1. The second kappa shape index (κ2) is 6.76. The van der Waals surface area contributed by atoms with Gasteiger partial charge in [0.2, 0.25) is 0 Å². The fourth-order valence-corrected chi connectivity index (χ4v) is 3.55. The molecule has 2 aromatic carbocycles. The van der Waals surface area contributed by atoms with Gasteiger partial charge in [0, 0.05) is 3.57 Å². The predicted molar refractivity (Wildman–Crippen MR) is 92.1 cm³/mol. The van der Waals surface area contributed by atoms with Gasteiger partial charge in [-0.05, 0) is 63.8 Å². The molecule has 0 saturated heterocycles. The third-order valence-corrected chi connectivity index (χ3v) is 4.90. The highest BCUT2D eigenvalue weighted by Crippen LogP contribution is 2.34. The first kappa shape index (κ1) is 14.9. The molecule has 0 nitrogen and oxygen atoms in total. The summed E-state index contributed by atoms with van der Waals surface area (Å²) in [7, 11) is 0. The molecule has 0 N–H and O–H groups in total. The van der Waals surface area contributed by atoms with E-state index in [0.717, 1.165) is 12.8 Å². The molecular weight excluding hydrogens is 367 g/mol. The lowest BCUT2D eigenvalue weighted by atomic mass is 9.95. The van der Waals surface area contributed by atoms with Crippen molar-refractivity contribution in [2.24, 2.45) is 0 Å². The molecule has 100 valence electrons. The van der Waals surface area contributed by atoms with Crippen LogP contribution in [0.3, 0.4) is 0 Å². The van der Waals surface area contributed by atoms with Crippen molar-refractivity contribution in [1.29, 1.82) is 0 Å². The first-order valence-electron chi connectivity index (χ1n) is 6.67. The van der Waals surface area contributed by atoms with Gasteiger partial charge in [-0.15, -0.1) is 11.6 Å². The van der Waals surface area contributed by atoms with E-state index in [1.165, 1.54) is 25.8 Å². The predicted octanol–water partition coefficient (Wildman–Crippen LogP) is 5.74. The van der Waals surface area contributed by atoms with Crippen molar-refractivity contribution in [3.05, 3.63) is 68.3 Å². The molecule has 1 atom stereocenters. The van der Waals surface area contributed by atoms with E-state index in [4.69, 9.17) is 11.6 Å². The zero-order valence-electron chi connectivity index (χ0n) is 11.3. The van der Waals surface area contributed by atoms with Gasteiger partial charge >= 0.3 is 0 Å². The van der Waals surface area contributed by atoms with Crippen LogP contribution in [0.2, 0.25) is 0 Å². The Morgan fingerprint density at radius 3 is 2.37 bits per heavy atom. The first-order valence-corrected chi connectivity index (χ1v) is 8.19. The quantitative estimate of drug-likeness (QED) is 0.465. The van der Waals surface area contributed by atoms with Crippen LogP contribution in [0.1, 0.15) is 41.5 Å². The van der Waals surface area contributed by atoms with Gasteiger partial charge in [0.05, 0.1) is 5.38 Å². The van der Waals surface area contributed by atoms with Crippen LogP contribution >= 0.6 is 34.2 Å². The summed E-state index contributed by atoms with van der Waals surface area (Å²) in [5.41, 5.74) is 5.15. The average molecular weight is 385 g/mol. The van der Waals surface area contributed by atoms with Crippen molar-refractivity contribution in [1.82, 2.24) is 0 Å². The summed E-state index contributed by atoms with van der Waals surface area (Å²) in [6, 6.07) is 15.0. The van der Waals surface area contributed by atoms with Gasteiger partial charge in [-0.25, -0.2) is 0 Å². The number of hydrogen-bond donors (Lipinski definition) is 0. The van der Waals surface area contributed by atoms with E-state index in [0.29, 0.717) is 0 Å². The summed E-state index contributed by atoms with van der Waals surface area (Å²) in [6.07, 6.45) is 2.07. The first-order chi connectivity index (χ1) is 9.17. The van der Waals surface area contributed by atoms with Crippen molar-refractivity contribution >= 4 is 34.2 Å². The van der Waals surface area contributed by atoms with Crippen LogP contribution in [0.4, 0.5) is 0 Å². The molecule has 0 aliphatic rings. The second-order valence-electron chi connectivity index (χ2n) is 4.62. The van der Waals surface area contributed by atoms with Crippen LogP contribution in [-0.2, 0) is 12.8 Å². The zero-order valence-corrected chi connectivity index (χ0v) is 14.2. The Hall–Kier alpha value is -0.540. The van der Waals surface area contributed by atoms with Gasteiger partial charge in [0.25, 0.3) is 0 Å². The third kappa shape index (κ3) is 3.32. The molecule has 0 aliphatic carbocycles. The largest absolute Gasteiger partial charge is 0.113 e. The number of halogens is 2. The highest BCUT2D eigenvalue weighted by Gasteiger charge is 2.16. The summed E-state index contributed by atoms with van der Waals surface area (Å²) in [5.74, 6) is 0. The molecule has 0 aliphatic heterocycles. The minimum absolute atomic E-state index is 0.0606. The van der Waals surface area contributed by atoms with E-state index in [2.05, 4.69) is 78.9 Å². The van der Waals surface area contributed by atoms with Crippen molar-refractivity contribution in [3.8, 4) is 0 Å². The van der Waals surface area contributed by atoms with Crippen LogP contribution < -0.4 is 0 Å². The summed E-state index contributed by atoms with van der Waals surface area (Å²) in [6.45, 7) is 4.37. The van der Waals surface area contributed by atoms with Crippen molar-refractivity contribution < 1.29 is 0 Å². The number of alkyl halides is 1. The van der Waals surface area contributed by atoms with E-state index < -0.39 is 0 Å². The summed E-state index contributed by atoms with van der Waals surface area (Å²) >= 11 is 9.10. The molecule has 2 heteroatoms. The molecule has 0 radical (unpaired) electrons. The summed E-state index contributed by atoms with van der Waals surface area (Å²) in [4.78, 5) is 0. The van der Waals surface area contributed by atoms with Gasteiger partial charge in [-0.2, -0.15) is 0 Å². The molecule has 0 fully saturated rings. The van der Waals surface area contributed by atoms with E-state index in [-0.39, 0.29) is 5.38 Å². The maximum atomic E-state index is 6.74. The van der Waals surface area contributed by atoms with Crippen LogP contribution in [0.25, 0.3) is 0 Å². The molecule has 1 unspecified atom stereocenters. The minimum Gasteiger partial charge on any atom is -0.113 e. The summed E-state index contributed by atoms with van der Waals surface area (Å²) in [5, 5.41) is -0.0606. The Kier molecular flexibility index (Phi) is 5.28. The third-order valence-electron chi connectivity index (χ3n) is 3.45. The van der Waals surface area contributed by atoms with Crippen molar-refractivity contribution in [2.45, 2.75) is 32.1 Å². The molecule has 0 bridgehead atoms. The molecule has 0 spiro atoms. The lowest BCUT2D eigenvalue weighted by molar-refractivity contribution is 1.01. The van der Waals surface area contributed by atoms with E-state index >= 15 is 0 Å². The van der Waals surface area contributed by atoms with Gasteiger partial charge in [-0.1, -0.05) is 50.2 Å². The Balaban J connectivity index is 2.48. The van der Waals surface area contributed by atoms with Gasteiger partial charge in [0.1, 0.15) is 0 Å². The standard InChI is InChI=1S/C17H18ClI/c1-3-12-9-10-13(4-2)15(11-12)17(18)14-7-5-6-8-16(14)19/h5-11,17H,3-4H2,1-2H3. The van der Waals surface area contributed by atoms with Crippen LogP contribution in [-0.4, -0.2) is 0 Å². The maximum Gasteiger partial charge on any atom is 0.0848 e. The SMILES string of the molecule is CCc1ccc(CC)c(C(Cl)c2ccccc2I)c1. The fourth-order valence-electron chi connectivity index (χ4n) is 2.27. The molecule has 0 aromatic heterocycles. The molecule has 19 heavy (non-hydrogen) atoms.